The maximum Gasteiger partial charge on any atom is 0.0457 e. The van der Waals surface area contributed by atoms with E-state index in [0.717, 1.165) is 19.5 Å². The number of rotatable bonds is 3. The van der Waals surface area contributed by atoms with Crippen LogP contribution in [-0.2, 0) is 5.54 Å². The van der Waals surface area contributed by atoms with Crippen molar-refractivity contribution in [1.29, 1.82) is 0 Å². The van der Waals surface area contributed by atoms with Gasteiger partial charge in [0, 0.05) is 10.0 Å². The van der Waals surface area contributed by atoms with Gasteiger partial charge in [-0.15, -0.1) is 0 Å². The van der Waals surface area contributed by atoms with E-state index in [9.17, 15) is 0 Å². The average Bonchev–Trinajstić information content (AvgIpc) is 2.31. The third-order valence-corrected chi connectivity index (χ3v) is 4.15. The monoisotopic (exact) mass is 282 g/mol. The fourth-order valence-electron chi connectivity index (χ4n) is 2.64. The Bertz CT molecular complexity index is 340. The van der Waals surface area contributed by atoms with Gasteiger partial charge in [-0.25, -0.2) is 0 Å². The van der Waals surface area contributed by atoms with E-state index < -0.39 is 0 Å². The minimum atomic E-state index is 0.0904. The molecule has 3 N–H and O–H groups in total. The van der Waals surface area contributed by atoms with Crippen molar-refractivity contribution in [3.63, 3.8) is 0 Å². The number of nitrogens with two attached hydrogens (primary N) is 1. The van der Waals surface area contributed by atoms with Crippen molar-refractivity contribution in [2.75, 3.05) is 13.1 Å². The van der Waals surface area contributed by atoms with Crippen molar-refractivity contribution in [1.82, 2.24) is 5.32 Å². The number of nitrogens with one attached hydrogen (secondary N) is 1. The molecule has 88 valence electrons. The number of piperidine rings is 1. The molecule has 0 aliphatic carbocycles. The van der Waals surface area contributed by atoms with E-state index >= 15 is 0 Å². The highest BCUT2D eigenvalue weighted by molar-refractivity contribution is 9.10. The highest BCUT2D eigenvalue weighted by atomic mass is 79.9. The van der Waals surface area contributed by atoms with Crippen LogP contribution in [0.5, 0.6) is 0 Å². The smallest absolute Gasteiger partial charge is 0.0457 e. The Balaban J connectivity index is 2.34. The molecule has 2 nitrogen and oxygen atoms in total. The summed E-state index contributed by atoms with van der Waals surface area (Å²) < 4.78 is 1.19. The van der Waals surface area contributed by atoms with Gasteiger partial charge in [-0.1, -0.05) is 40.5 Å². The van der Waals surface area contributed by atoms with Crippen molar-refractivity contribution in [3.05, 3.63) is 34.3 Å². The van der Waals surface area contributed by atoms with Gasteiger partial charge >= 0.3 is 0 Å². The molecule has 0 amide bonds. The SMILES string of the molecule is NCCC1(c2ccccc2Br)CCCCN1. The Hall–Kier alpha value is -0.380. The molecular formula is C13H19BrN2. The number of hydrogen-bond donors (Lipinski definition) is 2. The van der Waals surface area contributed by atoms with Crippen LogP contribution in [-0.4, -0.2) is 13.1 Å². The van der Waals surface area contributed by atoms with Crippen LogP contribution < -0.4 is 11.1 Å². The van der Waals surface area contributed by atoms with Crippen LogP contribution >= 0.6 is 15.9 Å². The zero-order chi connectivity index (χ0) is 11.4. The van der Waals surface area contributed by atoms with E-state index in [0.29, 0.717) is 0 Å². The van der Waals surface area contributed by atoms with Crippen molar-refractivity contribution in [2.24, 2.45) is 5.73 Å². The van der Waals surface area contributed by atoms with E-state index in [2.05, 4.69) is 45.5 Å². The molecule has 0 aromatic heterocycles. The molecule has 0 saturated carbocycles. The quantitative estimate of drug-likeness (QED) is 0.895. The Morgan fingerprint density at radius 2 is 2.12 bits per heavy atom. The maximum absolute atomic E-state index is 5.78. The fraction of sp³-hybridized carbons (Fsp3) is 0.538. The minimum absolute atomic E-state index is 0.0904. The largest absolute Gasteiger partial charge is 0.330 e. The van der Waals surface area contributed by atoms with Crippen LogP contribution in [0.15, 0.2) is 28.7 Å². The molecule has 3 heteroatoms. The summed E-state index contributed by atoms with van der Waals surface area (Å²) in [6.45, 7) is 1.83. The third-order valence-electron chi connectivity index (χ3n) is 3.45. The first-order valence-corrected chi connectivity index (χ1v) is 6.78. The van der Waals surface area contributed by atoms with Gasteiger partial charge in [0.1, 0.15) is 0 Å². The first kappa shape index (κ1) is 12.1. The summed E-state index contributed by atoms with van der Waals surface area (Å²) in [5.74, 6) is 0. The first-order chi connectivity index (χ1) is 7.78. The molecule has 1 atom stereocenters. The lowest BCUT2D eigenvalue weighted by atomic mass is 9.80. The standard InChI is InChI=1S/C13H19BrN2/c14-12-6-2-1-5-11(12)13(8-9-15)7-3-4-10-16-13/h1-2,5-6,16H,3-4,7-10,15H2. The van der Waals surface area contributed by atoms with Crippen molar-refractivity contribution in [2.45, 2.75) is 31.2 Å². The molecule has 1 saturated heterocycles. The average molecular weight is 283 g/mol. The second kappa shape index (κ2) is 5.30. The zero-order valence-electron chi connectivity index (χ0n) is 9.51. The Kier molecular flexibility index (Phi) is 4.00. The molecule has 1 fully saturated rings. The van der Waals surface area contributed by atoms with Gasteiger partial charge < -0.3 is 11.1 Å². The second-order valence-corrected chi connectivity index (χ2v) is 5.34. The Morgan fingerprint density at radius 3 is 2.75 bits per heavy atom. The van der Waals surface area contributed by atoms with Crippen molar-refractivity contribution >= 4 is 15.9 Å². The first-order valence-electron chi connectivity index (χ1n) is 5.99. The highest BCUT2D eigenvalue weighted by Crippen LogP contribution is 2.37. The lowest BCUT2D eigenvalue weighted by molar-refractivity contribution is 0.242. The van der Waals surface area contributed by atoms with Crippen LogP contribution in [0.2, 0.25) is 0 Å². The van der Waals surface area contributed by atoms with Gasteiger partial charge in [-0.3, -0.25) is 0 Å². The molecule has 1 aromatic rings. The van der Waals surface area contributed by atoms with Gasteiger partial charge in [0.05, 0.1) is 0 Å². The fourth-order valence-corrected chi connectivity index (χ4v) is 3.31. The lowest BCUT2D eigenvalue weighted by Gasteiger charge is -2.39. The van der Waals surface area contributed by atoms with Gasteiger partial charge in [0.25, 0.3) is 0 Å². The number of halogens is 1. The van der Waals surface area contributed by atoms with E-state index in [1.165, 1.54) is 29.3 Å². The van der Waals surface area contributed by atoms with Crippen LogP contribution in [0, 0.1) is 0 Å². The minimum Gasteiger partial charge on any atom is -0.330 e. The molecule has 1 aromatic carbocycles. The van der Waals surface area contributed by atoms with Gasteiger partial charge in [-0.2, -0.15) is 0 Å². The summed E-state index contributed by atoms with van der Waals surface area (Å²) in [7, 11) is 0. The van der Waals surface area contributed by atoms with Crippen molar-refractivity contribution < 1.29 is 0 Å². The van der Waals surface area contributed by atoms with Crippen LogP contribution in [0.25, 0.3) is 0 Å². The molecule has 16 heavy (non-hydrogen) atoms. The van der Waals surface area contributed by atoms with Gasteiger partial charge in [0.2, 0.25) is 0 Å². The van der Waals surface area contributed by atoms with E-state index in [4.69, 9.17) is 5.73 Å². The summed E-state index contributed by atoms with van der Waals surface area (Å²) in [5.41, 5.74) is 7.23. The molecule has 1 aliphatic heterocycles. The van der Waals surface area contributed by atoms with E-state index in [-0.39, 0.29) is 5.54 Å². The summed E-state index contributed by atoms with van der Waals surface area (Å²) in [4.78, 5) is 0. The molecule has 2 rings (SSSR count). The number of hydrogen-bond acceptors (Lipinski definition) is 2. The summed E-state index contributed by atoms with van der Waals surface area (Å²) in [6.07, 6.45) is 4.76. The van der Waals surface area contributed by atoms with E-state index in [1.807, 2.05) is 0 Å². The molecule has 0 bridgehead atoms. The van der Waals surface area contributed by atoms with Gasteiger partial charge in [-0.05, 0) is 44.0 Å². The third kappa shape index (κ3) is 2.31. The van der Waals surface area contributed by atoms with E-state index in [1.54, 1.807) is 0 Å². The van der Waals surface area contributed by atoms with Crippen LogP contribution in [0.4, 0.5) is 0 Å². The summed E-state index contributed by atoms with van der Waals surface area (Å²) in [6, 6.07) is 8.49. The Morgan fingerprint density at radius 1 is 1.31 bits per heavy atom. The molecule has 0 spiro atoms. The molecule has 0 radical (unpaired) electrons. The topological polar surface area (TPSA) is 38.0 Å². The molecule has 1 unspecified atom stereocenters. The van der Waals surface area contributed by atoms with Crippen LogP contribution in [0.3, 0.4) is 0 Å². The zero-order valence-corrected chi connectivity index (χ0v) is 11.1. The lowest BCUT2D eigenvalue weighted by Crippen LogP contribution is -2.47. The van der Waals surface area contributed by atoms with Crippen LogP contribution in [0.1, 0.15) is 31.2 Å². The molecular weight excluding hydrogens is 264 g/mol. The number of benzene rings is 1. The molecule has 1 aliphatic rings. The molecule has 1 heterocycles. The summed E-state index contributed by atoms with van der Waals surface area (Å²) >= 11 is 3.66. The predicted molar refractivity (Wildman–Crippen MR) is 71.3 cm³/mol. The predicted octanol–water partition coefficient (Wildman–Crippen LogP) is 2.77. The van der Waals surface area contributed by atoms with Gasteiger partial charge in [0.15, 0.2) is 0 Å². The normalized spacial score (nSPS) is 25.6. The highest BCUT2D eigenvalue weighted by Gasteiger charge is 2.33. The van der Waals surface area contributed by atoms with Crippen molar-refractivity contribution in [3.8, 4) is 0 Å². The Labute approximate surface area is 106 Å². The second-order valence-electron chi connectivity index (χ2n) is 4.48. The summed E-state index contributed by atoms with van der Waals surface area (Å²) in [5, 5.41) is 3.68. The maximum atomic E-state index is 5.78.